The number of carbonyl (C=O) groups excluding carboxylic acids is 1. The van der Waals surface area contributed by atoms with Gasteiger partial charge in [-0.1, -0.05) is 60.7 Å². The van der Waals surface area contributed by atoms with Crippen LogP contribution in [-0.2, 0) is 16.0 Å². The Kier molecular flexibility index (Phi) is 6.37. The molecule has 0 aliphatic rings. The molecule has 2 aromatic carbocycles. The molecule has 0 spiro atoms. The van der Waals surface area contributed by atoms with Crippen LogP contribution in [0.5, 0.6) is 0 Å². The van der Waals surface area contributed by atoms with Gasteiger partial charge in [0.2, 0.25) is 0 Å². The van der Waals surface area contributed by atoms with Crippen molar-refractivity contribution in [2.24, 2.45) is 4.99 Å². The highest BCUT2D eigenvalue weighted by Crippen LogP contribution is 2.18. The van der Waals surface area contributed by atoms with E-state index in [0.717, 1.165) is 21.8 Å². The maximum atomic E-state index is 12.9. The van der Waals surface area contributed by atoms with Crippen LogP contribution in [0.4, 0.5) is 0 Å². The van der Waals surface area contributed by atoms with Crippen molar-refractivity contribution >= 4 is 23.0 Å². The van der Waals surface area contributed by atoms with Gasteiger partial charge in [0, 0.05) is 29.1 Å². The maximum absolute atomic E-state index is 12.9. The van der Waals surface area contributed by atoms with Crippen molar-refractivity contribution in [3.05, 3.63) is 88.4 Å². The molecule has 1 heterocycles. The molecule has 0 saturated heterocycles. The Labute approximate surface area is 169 Å². The van der Waals surface area contributed by atoms with Crippen LogP contribution in [0.2, 0.25) is 0 Å². The molecule has 3 aromatic rings. The van der Waals surface area contributed by atoms with Gasteiger partial charge < -0.3 is 4.74 Å². The molecule has 0 amide bonds. The van der Waals surface area contributed by atoms with Crippen LogP contribution in [0.15, 0.2) is 77.2 Å². The molecule has 4 nitrogen and oxygen atoms in total. The molecule has 5 heteroatoms. The summed E-state index contributed by atoms with van der Waals surface area (Å²) in [5.74, 6) is -0.341. The lowest BCUT2D eigenvalue weighted by atomic mass is 10.0. The first-order valence-corrected chi connectivity index (χ1v) is 10.1. The van der Waals surface area contributed by atoms with Gasteiger partial charge in [0.05, 0.1) is 10.7 Å². The molecule has 1 aromatic heterocycles. The summed E-state index contributed by atoms with van der Waals surface area (Å²) in [6.07, 6.45) is 2.15. The standard InChI is InChI=1S/C23H24N2O2S/c1-23(2,3)27-22(26)19(16-20-24-14-15-28-20)25-21(17-10-6-4-7-11-17)18-12-8-5-9-13-18/h4-15,19H,16H2,1-3H3. The molecule has 0 fully saturated rings. The van der Waals surface area contributed by atoms with Gasteiger partial charge in [0.1, 0.15) is 5.60 Å². The number of hydrogen-bond donors (Lipinski definition) is 0. The predicted octanol–water partition coefficient (Wildman–Crippen LogP) is 4.93. The van der Waals surface area contributed by atoms with Crippen LogP contribution in [0.1, 0.15) is 36.9 Å². The van der Waals surface area contributed by atoms with Crippen LogP contribution in [0.3, 0.4) is 0 Å². The van der Waals surface area contributed by atoms with E-state index in [-0.39, 0.29) is 5.97 Å². The highest BCUT2D eigenvalue weighted by molar-refractivity contribution is 7.09. The Bertz CT molecular complexity index is 873. The summed E-state index contributed by atoms with van der Waals surface area (Å²) in [6.45, 7) is 5.60. The molecule has 1 atom stereocenters. The first-order chi connectivity index (χ1) is 13.4. The van der Waals surface area contributed by atoms with E-state index in [1.807, 2.05) is 86.8 Å². The normalized spacial score (nSPS) is 12.2. The number of carbonyl (C=O) groups is 1. The molecule has 0 aliphatic heterocycles. The largest absolute Gasteiger partial charge is 0.458 e. The van der Waals surface area contributed by atoms with Crippen molar-refractivity contribution in [2.75, 3.05) is 0 Å². The van der Waals surface area contributed by atoms with Crippen molar-refractivity contribution in [1.82, 2.24) is 4.98 Å². The molecule has 144 valence electrons. The van der Waals surface area contributed by atoms with Crippen LogP contribution in [-0.4, -0.2) is 28.3 Å². The third-order valence-electron chi connectivity index (χ3n) is 3.91. The monoisotopic (exact) mass is 392 g/mol. The van der Waals surface area contributed by atoms with Gasteiger partial charge in [0.15, 0.2) is 6.04 Å². The number of benzene rings is 2. The predicted molar refractivity (Wildman–Crippen MR) is 114 cm³/mol. The molecule has 0 bridgehead atoms. The van der Waals surface area contributed by atoms with Gasteiger partial charge in [-0.3, -0.25) is 4.99 Å². The third-order valence-corrected chi connectivity index (χ3v) is 4.71. The van der Waals surface area contributed by atoms with E-state index >= 15 is 0 Å². The Morgan fingerprint density at radius 2 is 1.61 bits per heavy atom. The molecule has 0 saturated carbocycles. The minimum atomic E-state index is -0.666. The molecule has 1 unspecified atom stereocenters. The smallest absolute Gasteiger partial charge is 0.331 e. The van der Waals surface area contributed by atoms with E-state index < -0.39 is 11.6 Å². The molecule has 3 rings (SSSR count). The summed E-state index contributed by atoms with van der Waals surface area (Å²) in [7, 11) is 0. The summed E-state index contributed by atoms with van der Waals surface area (Å²) < 4.78 is 5.65. The van der Waals surface area contributed by atoms with Crippen molar-refractivity contribution in [3.8, 4) is 0 Å². The van der Waals surface area contributed by atoms with Crippen molar-refractivity contribution in [2.45, 2.75) is 38.8 Å². The first kappa shape index (κ1) is 20.0. The van der Waals surface area contributed by atoms with E-state index in [1.54, 1.807) is 6.20 Å². The summed E-state index contributed by atoms with van der Waals surface area (Å²) in [4.78, 5) is 22.1. The zero-order chi connectivity index (χ0) is 20.0. The SMILES string of the molecule is CC(C)(C)OC(=O)C(Cc1nccs1)N=C(c1ccccc1)c1ccccc1. The molecule has 0 radical (unpaired) electrons. The Balaban J connectivity index is 2.03. The Morgan fingerprint density at radius 3 is 2.07 bits per heavy atom. The topological polar surface area (TPSA) is 51.5 Å². The van der Waals surface area contributed by atoms with Gasteiger partial charge in [-0.25, -0.2) is 9.78 Å². The van der Waals surface area contributed by atoms with Gasteiger partial charge in [0.25, 0.3) is 0 Å². The van der Waals surface area contributed by atoms with Gasteiger partial charge in [-0.05, 0) is 20.8 Å². The van der Waals surface area contributed by atoms with Gasteiger partial charge >= 0.3 is 5.97 Å². The third kappa shape index (κ3) is 5.60. The number of hydrogen-bond acceptors (Lipinski definition) is 5. The van der Waals surface area contributed by atoms with Gasteiger partial charge in [-0.2, -0.15) is 0 Å². The molecule has 28 heavy (non-hydrogen) atoms. The average Bonchev–Trinajstić information content (AvgIpc) is 3.18. The number of rotatable bonds is 6. The number of thiazole rings is 1. The number of esters is 1. The second-order valence-corrected chi connectivity index (χ2v) is 8.37. The molecular weight excluding hydrogens is 368 g/mol. The molecule has 0 N–H and O–H groups in total. The van der Waals surface area contributed by atoms with Crippen LogP contribution < -0.4 is 0 Å². The van der Waals surface area contributed by atoms with Crippen molar-refractivity contribution < 1.29 is 9.53 Å². The average molecular weight is 393 g/mol. The quantitative estimate of drug-likeness (QED) is 0.441. The van der Waals surface area contributed by atoms with E-state index in [0.29, 0.717) is 6.42 Å². The van der Waals surface area contributed by atoms with E-state index in [2.05, 4.69) is 4.98 Å². The lowest BCUT2D eigenvalue weighted by Gasteiger charge is -2.22. The number of aliphatic imine (C=N–C) groups is 1. The summed E-state index contributed by atoms with van der Waals surface area (Å²) in [5, 5.41) is 2.76. The number of ether oxygens (including phenoxy) is 1. The number of nitrogens with zero attached hydrogens (tertiary/aromatic N) is 2. The second kappa shape index (κ2) is 8.93. The molecule has 0 aliphatic carbocycles. The Morgan fingerprint density at radius 1 is 1.04 bits per heavy atom. The van der Waals surface area contributed by atoms with E-state index in [1.165, 1.54) is 11.3 Å². The lowest BCUT2D eigenvalue weighted by Crippen LogP contribution is -2.33. The summed E-state index contributed by atoms with van der Waals surface area (Å²) >= 11 is 1.52. The maximum Gasteiger partial charge on any atom is 0.331 e. The van der Waals surface area contributed by atoms with Gasteiger partial charge in [-0.15, -0.1) is 11.3 Å². The zero-order valence-electron chi connectivity index (χ0n) is 16.3. The van der Waals surface area contributed by atoms with Crippen molar-refractivity contribution in [3.63, 3.8) is 0 Å². The minimum absolute atomic E-state index is 0.341. The first-order valence-electron chi connectivity index (χ1n) is 9.22. The van der Waals surface area contributed by atoms with Crippen LogP contribution in [0.25, 0.3) is 0 Å². The fourth-order valence-electron chi connectivity index (χ4n) is 2.73. The van der Waals surface area contributed by atoms with Crippen LogP contribution >= 0.6 is 11.3 Å². The van der Waals surface area contributed by atoms with E-state index in [4.69, 9.17) is 9.73 Å². The summed E-state index contributed by atoms with van der Waals surface area (Å²) in [5.41, 5.74) is 2.12. The van der Waals surface area contributed by atoms with E-state index in [9.17, 15) is 4.79 Å². The lowest BCUT2D eigenvalue weighted by molar-refractivity contribution is -0.156. The second-order valence-electron chi connectivity index (χ2n) is 7.39. The highest BCUT2D eigenvalue weighted by atomic mass is 32.1. The van der Waals surface area contributed by atoms with Crippen molar-refractivity contribution in [1.29, 1.82) is 0 Å². The summed E-state index contributed by atoms with van der Waals surface area (Å²) in [6, 6.07) is 19.1. The Hall–Kier alpha value is -2.79. The molecular formula is C23H24N2O2S. The van der Waals surface area contributed by atoms with Crippen LogP contribution in [0, 0.1) is 0 Å². The zero-order valence-corrected chi connectivity index (χ0v) is 17.1. The fourth-order valence-corrected chi connectivity index (χ4v) is 3.39. The minimum Gasteiger partial charge on any atom is -0.458 e. The fraction of sp³-hybridized carbons (Fsp3) is 0.261. The number of aromatic nitrogens is 1. The highest BCUT2D eigenvalue weighted by Gasteiger charge is 2.27.